The first-order chi connectivity index (χ1) is 12.9. The molecule has 1 fully saturated rings. The van der Waals surface area contributed by atoms with Crippen LogP contribution in [0.5, 0.6) is 0 Å². The number of H-pyrrole nitrogens is 1. The lowest BCUT2D eigenvalue weighted by atomic mass is 9.95. The number of aromatic nitrogens is 1. The predicted molar refractivity (Wildman–Crippen MR) is 98.6 cm³/mol. The topological polar surface area (TPSA) is 83.4 Å². The van der Waals surface area contributed by atoms with Crippen molar-refractivity contribution in [2.24, 2.45) is 0 Å². The van der Waals surface area contributed by atoms with Gasteiger partial charge >= 0.3 is 5.76 Å². The number of nitrogens with zero attached hydrogens (tertiary/aromatic N) is 1. The predicted octanol–water partition coefficient (Wildman–Crippen LogP) is 3.22. The third-order valence-corrected chi connectivity index (χ3v) is 6.86. The summed E-state index contributed by atoms with van der Waals surface area (Å²) in [4.78, 5) is 13.9. The number of hydrogen-bond donors (Lipinski definition) is 1. The Morgan fingerprint density at radius 3 is 2.67 bits per heavy atom. The number of oxazole rings is 1. The molecule has 4 rings (SSSR count). The highest BCUT2D eigenvalue weighted by molar-refractivity contribution is 7.89. The molecule has 8 heteroatoms. The van der Waals surface area contributed by atoms with Gasteiger partial charge in [0.15, 0.2) is 5.58 Å². The average molecular weight is 390 g/mol. The van der Waals surface area contributed by atoms with E-state index in [1.165, 1.54) is 34.6 Å². The third-order valence-electron chi connectivity index (χ3n) is 5.00. The fourth-order valence-electron chi connectivity index (χ4n) is 3.57. The maximum Gasteiger partial charge on any atom is 0.417 e. The Morgan fingerprint density at radius 2 is 1.89 bits per heavy atom. The summed E-state index contributed by atoms with van der Waals surface area (Å²) in [6, 6.07) is 10.6. The molecule has 142 valence electrons. The van der Waals surface area contributed by atoms with Gasteiger partial charge in [-0.3, -0.25) is 4.98 Å². The Kier molecular flexibility index (Phi) is 4.61. The highest BCUT2D eigenvalue weighted by atomic mass is 32.2. The molecule has 0 aliphatic carbocycles. The van der Waals surface area contributed by atoms with E-state index >= 15 is 0 Å². The van der Waals surface area contributed by atoms with Crippen molar-refractivity contribution in [1.82, 2.24) is 9.29 Å². The van der Waals surface area contributed by atoms with Gasteiger partial charge in [-0.25, -0.2) is 17.6 Å². The molecule has 0 amide bonds. The number of fused-ring (bicyclic) bond motifs is 1. The van der Waals surface area contributed by atoms with Crippen molar-refractivity contribution in [2.75, 3.05) is 13.1 Å². The Labute approximate surface area is 155 Å². The summed E-state index contributed by atoms with van der Waals surface area (Å²) in [7, 11) is -3.72. The summed E-state index contributed by atoms with van der Waals surface area (Å²) in [5, 5.41) is 0. The van der Waals surface area contributed by atoms with Crippen molar-refractivity contribution in [3.63, 3.8) is 0 Å². The van der Waals surface area contributed by atoms with E-state index in [0.29, 0.717) is 24.2 Å². The van der Waals surface area contributed by atoms with Crippen LogP contribution in [0.3, 0.4) is 0 Å². The molecule has 1 atom stereocenters. The first-order valence-electron chi connectivity index (χ1n) is 8.82. The Balaban J connectivity index is 1.66. The van der Waals surface area contributed by atoms with E-state index in [9.17, 15) is 17.6 Å². The zero-order chi connectivity index (χ0) is 19.0. The van der Waals surface area contributed by atoms with Gasteiger partial charge in [0.2, 0.25) is 10.0 Å². The maximum atomic E-state index is 13.2. The SMILES string of the molecule is O=c1[nH]c2cc(S(=O)(=O)N3CCCC[C@H](c4ccc(F)cc4)C3)ccc2o1. The number of halogens is 1. The van der Waals surface area contributed by atoms with Crippen molar-refractivity contribution in [3.8, 4) is 0 Å². The highest BCUT2D eigenvalue weighted by Gasteiger charge is 2.30. The first kappa shape index (κ1) is 17.9. The van der Waals surface area contributed by atoms with Crippen molar-refractivity contribution in [2.45, 2.75) is 30.1 Å². The number of hydrogen-bond acceptors (Lipinski definition) is 4. The van der Waals surface area contributed by atoms with Gasteiger partial charge in [0.25, 0.3) is 0 Å². The fraction of sp³-hybridized carbons (Fsp3) is 0.316. The molecule has 1 aromatic heterocycles. The normalized spacial score (nSPS) is 19.2. The molecule has 0 spiro atoms. The van der Waals surface area contributed by atoms with Crippen LogP contribution >= 0.6 is 0 Å². The molecule has 6 nitrogen and oxygen atoms in total. The largest absolute Gasteiger partial charge is 0.417 e. The zero-order valence-corrected chi connectivity index (χ0v) is 15.3. The van der Waals surface area contributed by atoms with Crippen molar-refractivity contribution in [3.05, 3.63) is 64.4 Å². The van der Waals surface area contributed by atoms with E-state index in [0.717, 1.165) is 24.8 Å². The monoisotopic (exact) mass is 390 g/mol. The van der Waals surface area contributed by atoms with Gasteiger partial charge in [0.05, 0.1) is 10.4 Å². The quantitative estimate of drug-likeness (QED) is 0.744. The molecule has 3 aromatic rings. The van der Waals surface area contributed by atoms with E-state index in [-0.39, 0.29) is 16.6 Å². The summed E-state index contributed by atoms with van der Waals surface area (Å²) in [5.74, 6) is -0.912. The number of rotatable bonds is 3. The second-order valence-corrected chi connectivity index (χ2v) is 8.72. The van der Waals surface area contributed by atoms with Gasteiger partial charge in [-0.1, -0.05) is 18.6 Å². The lowest BCUT2D eigenvalue weighted by molar-refractivity contribution is 0.406. The lowest BCUT2D eigenvalue weighted by Gasteiger charge is -2.24. The zero-order valence-electron chi connectivity index (χ0n) is 14.5. The van der Waals surface area contributed by atoms with Crippen LogP contribution in [0, 0.1) is 5.82 Å². The minimum absolute atomic E-state index is 0.0142. The van der Waals surface area contributed by atoms with E-state index in [2.05, 4.69) is 4.98 Å². The number of sulfonamides is 1. The van der Waals surface area contributed by atoms with Gasteiger partial charge in [-0.2, -0.15) is 4.31 Å². The molecule has 1 aliphatic heterocycles. The molecule has 1 saturated heterocycles. The summed E-state index contributed by atoms with van der Waals surface area (Å²) in [6.07, 6.45) is 2.52. The van der Waals surface area contributed by atoms with Crippen molar-refractivity contribution >= 4 is 21.1 Å². The van der Waals surface area contributed by atoms with Crippen LogP contribution in [0.25, 0.3) is 11.1 Å². The summed E-state index contributed by atoms with van der Waals surface area (Å²) < 4.78 is 46.0. The molecule has 0 bridgehead atoms. The minimum atomic E-state index is -3.72. The van der Waals surface area contributed by atoms with Crippen LogP contribution in [0.1, 0.15) is 30.7 Å². The van der Waals surface area contributed by atoms with Gasteiger partial charge < -0.3 is 4.42 Å². The van der Waals surface area contributed by atoms with Crippen LogP contribution in [0.4, 0.5) is 4.39 Å². The van der Waals surface area contributed by atoms with Crippen LogP contribution in [0.15, 0.2) is 56.6 Å². The average Bonchev–Trinajstić information content (AvgIpc) is 2.85. The molecule has 27 heavy (non-hydrogen) atoms. The molecule has 1 aliphatic rings. The molecule has 0 unspecified atom stereocenters. The number of nitrogens with one attached hydrogen (secondary N) is 1. The number of benzene rings is 2. The molecule has 2 heterocycles. The van der Waals surface area contributed by atoms with Gasteiger partial charge in [0.1, 0.15) is 5.82 Å². The second-order valence-electron chi connectivity index (χ2n) is 6.78. The van der Waals surface area contributed by atoms with Gasteiger partial charge in [0, 0.05) is 13.1 Å². The minimum Gasteiger partial charge on any atom is -0.408 e. The summed E-state index contributed by atoms with van der Waals surface area (Å²) in [5.41, 5.74) is 1.61. The van der Waals surface area contributed by atoms with Gasteiger partial charge in [-0.15, -0.1) is 0 Å². The van der Waals surface area contributed by atoms with E-state index in [1.807, 2.05) is 0 Å². The smallest absolute Gasteiger partial charge is 0.408 e. The van der Waals surface area contributed by atoms with Crippen LogP contribution < -0.4 is 5.76 Å². The molecule has 2 aromatic carbocycles. The molecule has 0 saturated carbocycles. The lowest BCUT2D eigenvalue weighted by Crippen LogP contribution is -2.34. The summed E-state index contributed by atoms with van der Waals surface area (Å²) >= 11 is 0. The Hall–Kier alpha value is -2.45. The molecular weight excluding hydrogens is 371 g/mol. The van der Waals surface area contributed by atoms with E-state index in [1.54, 1.807) is 12.1 Å². The van der Waals surface area contributed by atoms with Crippen LogP contribution in [-0.2, 0) is 10.0 Å². The van der Waals surface area contributed by atoms with Crippen molar-refractivity contribution < 1.29 is 17.2 Å². The van der Waals surface area contributed by atoms with Crippen molar-refractivity contribution in [1.29, 1.82) is 0 Å². The Bertz CT molecular complexity index is 1120. The Morgan fingerprint density at radius 1 is 1.11 bits per heavy atom. The van der Waals surface area contributed by atoms with E-state index < -0.39 is 15.8 Å². The standard InChI is InChI=1S/C19H19FN2O4S/c20-15-6-4-13(5-7-15)14-3-1-2-10-22(12-14)27(24,25)16-8-9-18-17(11-16)21-19(23)26-18/h4-9,11,14H,1-3,10,12H2,(H,21,23)/t14-/m0/s1. The van der Waals surface area contributed by atoms with Crippen LogP contribution in [-0.4, -0.2) is 30.8 Å². The first-order valence-corrected chi connectivity index (χ1v) is 10.3. The third kappa shape index (κ3) is 3.54. The second kappa shape index (κ2) is 6.94. The van der Waals surface area contributed by atoms with E-state index in [4.69, 9.17) is 4.42 Å². The molecule has 0 radical (unpaired) electrons. The molecule has 1 N–H and O–H groups in total. The highest BCUT2D eigenvalue weighted by Crippen LogP contribution is 2.30. The van der Waals surface area contributed by atoms with Crippen LogP contribution in [0.2, 0.25) is 0 Å². The maximum absolute atomic E-state index is 13.2. The molecular formula is C19H19FN2O4S. The number of aromatic amines is 1. The van der Waals surface area contributed by atoms with Gasteiger partial charge in [-0.05, 0) is 54.7 Å². The summed E-state index contributed by atoms with van der Waals surface area (Å²) in [6.45, 7) is 0.772. The fourth-order valence-corrected chi connectivity index (χ4v) is 5.12.